The number of aromatic nitrogens is 1. The highest BCUT2D eigenvalue weighted by molar-refractivity contribution is 5.78. The number of nitrogens with two attached hydrogens (primary N) is 1. The molecule has 0 aromatic carbocycles. The molecule has 132 valence electrons. The molecule has 1 aliphatic carbocycles. The molecule has 6 heteroatoms. The van der Waals surface area contributed by atoms with Crippen LogP contribution in [-0.4, -0.2) is 36.5 Å². The summed E-state index contributed by atoms with van der Waals surface area (Å²) in [6.07, 6.45) is 9.45. The average molecular weight is 331 g/mol. The van der Waals surface area contributed by atoms with E-state index in [9.17, 15) is 4.79 Å². The summed E-state index contributed by atoms with van der Waals surface area (Å²) in [6, 6.07) is 5.83. The second-order valence-corrected chi connectivity index (χ2v) is 6.32. The Labute approximate surface area is 144 Å². The van der Waals surface area contributed by atoms with Crippen LogP contribution in [0.2, 0.25) is 0 Å². The van der Waals surface area contributed by atoms with Crippen molar-refractivity contribution in [1.29, 1.82) is 0 Å². The Morgan fingerprint density at radius 1 is 1.21 bits per heavy atom. The van der Waals surface area contributed by atoms with Gasteiger partial charge in [0.1, 0.15) is 0 Å². The highest BCUT2D eigenvalue weighted by Crippen LogP contribution is 2.25. The minimum absolute atomic E-state index is 0.148. The number of pyridine rings is 1. The third-order valence-electron chi connectivity index (χ3n) is 4.33. The summed E-state index contributed by atoms with van der Waals surface area (Å²) < 4.78 is 0. The standard InChI is InChI=1S/C18H29N5O/c19-18(22-11-9-16-8-4-5-10-20-16)23-13-12-21-17(24)14-15-6-2-1-3-7-15/h4-5,8,10,15H,1-3,6-7,9,11-14H2,(H,21,24)(H3,19,22,23). The van der Waals surface area contributed by atoms with Crippen LogP contribution in [-0.2, 0) is 11.2 Å². The molecule has 0 unspecified atom stereocenters. The van der Waals surface area contributed by atoms with Crippen molar-refractivity contribution in [3.63, 3.8) is 0 Å². The number of carbonyl (C=O) groups excluding carboxylic acids is 1. The van der Waals surface area contributed by atoms with Crippen molar-refractivity contribution in [2.75, 3.05) is 19.6 Å². The molecule has 0 atom stereocenters. The molecule has 1 amide bonds. The van der Waals surface area contributed by atoms with E-state index in [1.54, 1.807) is 6.20 Å². The van der Waals surface area contributed by atoms with Gasteiger partial charge in [0, 0.05) is 44.4 Å². The second-order valence-electron chi connectivity index (χ2n) is 6.32. The monoisotopic (exact) mass is 331 g/mol. The summed E-state index contributed by atoms with van der Waals surface area (Å²) in [5.74, 6) is 1.13. The van der Waals surface area contributed by atoms with Crippen molar-refractivity contribution in [3.05, 3.63) is 30.1 Å². The molecule has 0 saturated heterocycles. The summed E-state index contributed by atoms with van der Waals surface area (Å²) in [5, 5.41) is 5.97. The van der Waals surface area contributed by atoms with Gasteiger partial charge in [0.05, 0.1) is 0 Å². The predicted molar refractivity (Wildman–Crippen MR) is 96.6 cm³/mol. The van der Waals surface area contributed by atoms with Crippen LogP contribution in [0, 0.1) is 5.92 Å². The molecule has 1 fully saturated rings. The van der Waals surface area contributed by atoms with Crippen LogP contribution in [0.15, 0.2) is 29.4 Å². The normalized spacial score (nSPS) is 15.9. The van der Waals surface area contributed by atoms with Crippen LogP contribution in [0.1, 0.15) is 44.2 Å². The number of aliphatic imine (C=N–C) groups is 1. The molecule has 0 radical (unpaired) electrons. The first-order valence-corrected chi connectivity index (χ1v) is 8.94. The lowest BCUT2D eigenvalue weighted by Crippen LogP contribution is -2.39. The van der Waals surface area contributed by atoms with E-state index in [0.717, 1.165) is 12.1 Å². The molecule has 0 spiro atoms. The third kappa shape index (κ3) is 7.44. The van der Waals surface area contributed by atoms with Crippen molar-refractivity contribution < 1.29 is 4.79 Å². The molecule has 6 nitrogen and oxygen atoms in total. The summed E-state index contributed by atoms with van der Waals surface area (Å²) >= 11 is 0. The van der Waals surface area contributed by atoms with Gasteiger partial charge >= 0.3 is 0 Å². The summed E-state index contributed by atoms with van der Waals surface area (Å²) in [7, 11) is 0. The molecule has 1 aliphatic rings. The van der Waals surface area contributed by atoms with Gasteiger partial charge in [-0.25, -0.2) is 0 Å². The fraction of sp³-hybridized carbons (Fsp3) is 0.611. The van der Waals surface area contributed by atoms with Crippen LogP contribution in [0.3, 0.4) is 0 Å². The SMILES string of the molecule is NC(=NCCc1ccccn1)NCCNC(=O)CC1CCCCC1. The van der Waals surface area contributed by atoms with E-state index in [0.29, 0.717) is 37.9 Å². The number of amides is 1. The number of rotatable bonds is 8. The zero-order chi connectivity index (χ0) is 17.0. The van der Waals surface area contributed by atoms with E-state index in [-0.39, 0.29) is 5.91 Å². The Hall–Kier alpha value is -2.11. The molecule has 1 saturated carbocycles. The lowest BCUT2D eigenvalue weighted by Gasteiger charge is -2.20. The molecule has 24 heavy (non-hydrogen) atoms. The molecule has 0 bridgehead atoms. The topological polar surface area (TPSA) is 92.4 Å². The molecule has 1 heterocycles. The molecule has 1 aromatic heterocycles. The van der Waals surface area contributed by atoms with Gasteiger partial charge in [0.25, 0.3) is 0 Å². The lowest BCUT2D eigenvalue weighted by atomic mass is 9.87. The van der Waals surface area contributed by atoms with Crippen LogP contribution in [0.5, 0.6) is 0 Å². The zero-order valence-electron chi connectivity index (χ0n) is 14.3. The van der Waals surface area contributed by atoms with Gasteiger partial charge in [0.15, 0.2) is 5.96 Å². The van der Waals surface area contributed by atoms with E-state index >= 15 is 0 Å². The fourth-order valence-electron chi connectivity index (χ4n) is 3.01. The zero-order valence-corrected chi connectivity index (χ0v) is 14.3. The maximum Gasteiger partial charge on any atom is 0.220 e. The largest absolute Gasteiger partial charge is 0.370 e. The van der Waals surface area contributed by atoms with Gasteiger partial charge in [-0.2, -0.15) is 0 Å². The number of nitrogens with one attached hydrogen (secondary N) is 2. The van der Waals surface area contributed by atoms with Crippen molar-refractivity contribution >= 4 is 11.9 Å². The molecular formula is C18H29N5O. The third-order valence-corrected chi connectivity index (χ3v) is 4.33. The van der Waals surface area contributed by atoms with Crippen LogP contribution in [0.25, 0.3) is 0 Å². The number of nitrogens with zero attached hydrogens (tertiary/aromatic N) is 2. The minimum atomic E-state index is 0.148. The summed E-state index contributed by atoms with van der Waals surface area (Å²) in [5.41, 5.74) is 6.81. The first kappa shape index (κ1) is 18.2. The van der Waals surface area contributed by atoms with Gasteiger partial charge in [-0.1, -0.05) is 25.3 Å². The Bertz CT molecular complexity index is 511. The van der Waals surface area contributed by atoms with E-state index in [4.69, 9.17) is 5.73 Å². The minimum Gasteiger partial charge on any atom is -0.370 e. The number of guanidine groups is 1. The van der Waals surface area contributed by atoms with E-state index < -0.39 is 0 Å². The lowest BCUT2D eigenvalue weighted by molar-refractivity contribution is -0.122. The number of carbonyl (C=O) groups is 1. The van der Waals surface area contributed by atoms with Crippen molar-refractivity contribution in [2.24, 2.45) is 16.6 Å². The molecule has 0 aliphatic heterocycles. The average Bonchev–Trinajstić information content (AvgIpc) is 2.60. The van der Waals surface area contributed by atoms with Gasteiger partial charge in [0.2, 0.25) is 5.91 Å². The Balaban J connectivity index is 1.52. The first-order chi connectivity index (χ1) is 11.7. The molecule has 4 N–H and O–H groups in total. The first-order valence-electron chi connectivity index (χ1n) is 8.94. The van der Waals surface area contributed by atoms with Crippen molar-refractivity contribution in [1.82, 2.24) is 15.6 Å². The second kappa shape index (κ2) is 10.6. The van der Waals surface area contributed by atoms with E-state index in [2.05, 4.69) is 20.6 Å². The fourth-order valence-corrected chi connectivity index (χ4v) is 3.01. The van der Waals surface area contributed by atoms with Gasteiger partial charge in [-0.3, -0.25) is 14.8 Å². The molecule has 2 rings (SSSR count). The van der Waals surface area contributed by atoms with Gasteiger partial charge in [-0.15, -0.1) is 0 Å². The highest BCUT2D eigenvalue weighted by atomic mass is 16.1. The maximum atomic E-state index is 11.9. The maximum absolute atomic E-state index is 11.9. The van der Waals surface area contributed by atoms with Gasteiger partial charge in [-0.05, 0) is 30.9 Å². The van der Waals surface area contributed by atoms with Crippen LogP contribution in [0.4, 0.5) is 0 Å². The van der Waals surface area contributed by atoms with Crippen LogP contribution >= 0.6 is 0 Å². The smallest absolute Gasteiger partial charge is 0.220 e. The quantitative estimate of drug-likeness (QED) is 0.383. The predicted octanol–water partition coefficient (Wildman–Crippen LogP) is 1.61. The van der Waals surface area contributed by atoms with Crippen molar-refractivity contribution in [3.8, 4) is 0 Å². The number of hydrogen-bond donors (Lipinski definition) is 3. The van der Waals surface area contributed by atoms with E-state index in [1.165, 1.54) is 32.1 Å². The van der Waals surface area contributed by atoms with Crippen LogP contribution < -0.4 is 16.4 Å². The molecular weight excluding hydrogens is 302 g/mol. The molecule has 1 aromatic rings. The highest BCUT2D eigenvalue weighted by Gasteiger charge is 2.16. The van der Waals surface area contributed by atoms with E-state index in [1.807, 2.05) is 18.2 Å². The van der Waals surface area contributed by atoms with Gasteiger partial charge < -0.3 is 16.4 Å². The Morgan fingerprint density at radius 2 is 2.00 bits per heavy atom. The van der Waals surface area contributed by atoms with Crippen molar-refractivity contribution in [2.45, 2.75) is 44.9 Å². The number of hydrogen-bond acceptors (Lipinski definition) is 3. The Morgan fingerprint density at radius 3 is 2.75 bits per heavy atom. The summed E-state index contributed by atoms with van der Waals surface area (Å²) in [4.78, 5) is 20.4. The Kier molecular flexibility index (Phi) is 8.07. The summed E-state index contributed by atoms with van der Waals surface area (Å²) in [6.45, 7) is 1.77.